The fourth-order valence-corrected chi connectivity index (χ4v) is 2.50. The molecule has 2 N–H and O–H groups in total. The lowest BCUT2D eigenvalue weighted by atomic mass is 9.99. The van der Waals surface area contributed by atoms with Crippen molar-refractivity contribution < 1.29 is 19.4 Å². The summed E-state index contributed by atoms with van der Waals surface area (Å²) in [6.45, 7) is 4.91. The van der Waals surface area contributed by atoms with Gasteiger partial charge in [-0.25, -0.2) is 4.79 Å². The minimum absolute atomic E-state index is 0.150. The molecule has 0 bridgehead atoms. The van der Waals surface area contributed by atoms with Crippen LogP contribution in [0.25, 0.3) is 0 Å². The summed E-state index contributed by atoms with van der Waals surface area (Å²) < 4.78 is 5.69. The maximum atomic E-state index is 12.2. The van der Waals surface area contributed by atoms with Crippen LogP contribution in [-0.2, 0) is 4.79 Å². The monoisotopic (exact) mass is 320 g/mol. The number of amides is 2. The second-order valence-electron chi connectivity index (χ2n) is 5.91. The van der Waals surface area contributed by atoms with Crippen molar-refractivity contribution in [1.82, 2.24) is 4.90 Å². The number of ether oxygens (including phenoxy) is 1. The number of piperidine rings is 1. The molecule has 0 aromatic heterocycles. The first-order chi connectivity index (χ1) is 11.0. The van der Waals surface area contributed by atoms with Crippen LogP contribution in [0.5, 0.6) is 5.75 Å². The number of nitrogens with zero attached hydrogens (tertiary/aromatic N) is 1. The first kappa shape index (κ1) is 17.1. The topological polar surface area (TPSA) is 78.9 Å². The second-order valence-corrected chi connectivity index (χ2v) is 5.91. The van der Waals surface area contributed by atoms with Crippen molar-refractivity contribution >= 4 is 17.7 Å². The summed E-state index contributed by atoms with van der Waals surface area (Å²) >= 11 is 0. The molecule has 1 aliphatic heterocycles. The summed E-state index contributed by atoms with van der Waals surface area (Å²) in [7, 11) is 0. The molecule has 1 aromatic carbocycles. The number of carbonyl (C=O) groups is 2. The number of rotatable bonds is 5. The summed E-state index contributed by atoms with van der Waals surface area (Å²) in [4.78, 5) is 24.9. The van der Waals surface area contributed by atoms with E-state index in [0.717, 1.165) is 12.2 Å². The summed E-state index contributed by atoms with van der Waals surface area (Å²) in [6.07, 6.45) is 2.42. The van der Waals surface area contributed by atoms with E-state index in [4.69, 9.17) is 9.84 Å². The van der Waals surface area contributed by atoms with Crippen LogP contribution in [0.15, 0.2) is 24.3 Å². The lowest BCUT2D eigenvalue weighted by molar-refractivity contribution is -0.143. The minimum atomic E-state index is -0.839. The molecule has 126 valence electrons. The van der Waals surface area contributed by atoms with Gasteiger partial charge in [-0.3, -0.25) is 4.79 Å². The predicted octanol–water partition coefficient (Wildman–Crippen LogP) is 3.19. The Morgan fingerprint density at radius 1 is 1.39 bits per heavy atom. The van der Waals surface area contributed by atoms with E-state index in [1.54, 1.807) is 17.0 Å². The first-order valence-corrected chi connectivity index (χ1v) is 8.05. The lowest BCUT2D eigenvalue weighted by Crippen LogP contribution is -2.44. The molecule has 2 atom stereocenters. The Morgan fingerprint density at radius 3 is 2.70 bits per heavy atom. The molecule has 6 heteroatoms. The van der Waals surface area contributed by atoms with Gasteiger partial charge in [0.05, 0.1) is 12.0 Å². The van der Waals surface area contributed by atoms with Crippen molar-refractivity contribution in [2.45, 2.75) is 39.2 Å². The van der Waals surface area contributed by atoms with Gasteiger partial charge >= 0.3 is 12.0 Å². The standard InChI is InChI=1S/C17H24N2O4/c1-3-12(2)23-15-8-6-14(7-9-15)18-17(22)19-10-4-5-13(11-19)16(20)21/h6-9,12-13H,3-5,10-11H2,1-2H3,(H,18,22)(H,20,21). The zero-order chi connectivity index (χ0) is 16.8. The normalized spacial score (nSPS) is 19.0. The Kier molecular flexibility index (Phi) is 5.84. The Bertz CT molecular complexity index is 544. The van der Waals surface area contributed by atoms with E-state index in [0.29, 0.717) is 25.1 Å². The van der Waals surface area contributed by atoms with E-state index < -0.39 is 11.9 Å². The number of hydrogen-bond donors (Lipinski definition) is 2. The summed E-state index contributed by atoms with van der Waals surface area (Å²) in [5.41, 5.74) is 0.670. The number of carboxylic acid groups (broad SMARTS) is 1. The van der Waals surface area contributed by atoms with Gasteiger partial charge < -0.3 is 20.1 Å². The van der Waals surface area contributed by atoms with Gasteiger partial charge in [0.15, 0.2) is 0 Å². The van der Waals surface area contributed by atoms with Gasteiger partial charge in [-0.1, -0.05) is 6.92 Å². The van der Waals surface area contributed by atoms with Crippen LogP contribution >= 0.6 is 0 Å². The van der Waals surface area contributed by atoms with Crippen molar-refractivity contribution in [2.24, 2.45) is 5.92 Å². The SMILES string of the molecule is CCC(C)Oc1ccc(NC(=O)N2CCCC(C(=O)O)C2)cc1. The predicted molar refractivity (Wildman–Crippen MR) is 87.8 cm³/mol. The van der Waals surface area contributed by atoms with Gasteiger partial charge in [0, 0.05) is 18.8 Å². The number of aliphatic carboxylic acids is 1. The molecule has 0 radical (unpaired) electrons. The quantitative estimate of drug-likeness (QED) is 0.873. The molecule has 0 aliphatic carbocycles. The average Bonchev–Trinajstić information content (AvgIpc) is 2.56. The van der Waals surface area contributed by atoms with E-state index in [1.165, 1.54) is 0 Å². The third-order valence-corrected chi connectivity index (χ3v) is 4.08. The molecule has 1 aromatic rings. The molecule has 6 nitrogen and oxygen atoms in total. The molecule has 1 fully saturated rings. The number of urea groups is 1. The molecule has 0 saturated carbocycles. The minimum Gasteiger partial charge on any atom is -0.491 e. The Morgan fingerprint density at radius 2 is 2.09 bits per heavy atom. The third kappa shape index (κ3) is 4.87. The molecule has 2 unspecified atom stereocenters. The molecule has 1 aliphatic rings. The van der Waals surface area contributed by atoms with Crippen molar-refractivity contribution in [3.8, 4) is 5.75 Å². The van der Waals surface area contributed by atoms with Gasteiger partial charge in [-0.2, -0.15) is 0 Å². The van der Waals surface area contributed by atoms with Crippen molar-refractivity contribution in [1.29, 1.82) is 0 Å². The van der Waals surface area contributed by atoms with Crippen LogP contribution < -0.4 is 10.1 Å². The third-order valence-electron chi connectivity index (χ3n) is 4.08. The Labute approximate surface area is 136 Å². The van der Waals surface area contributed by atoms with Gasteiger partial charge in [0.25, 0.3) is 0 Å². The maximum Gasteiger partial charge on any atom is 0.321 e. The van der Waals surface area contributed by atoms with Crippen molar-refractivity contribution in [3.63, 3.8) is 0 Å². The smallest absolute Gasteiger partial charge is 0.321 e. The molecule has 0 spiro atoms. The molecular formula is C17H24N2O4. The van der Waals surface area contributed by atoms with Gasteiger partial charge in [-0.15, -0.1) is 0 Å². The zero-order valence-corrected chi connectivity index (χ0v) is 13.6. The van der Waals surface area contributed by atoms with Crippen LogP contribution in [0.3, 0.4) is 0 Å². The number of likely N-dealkylation sites (tertiary alicyclic amines) is 1. The number of nitrogens with one attached hydrogen (secondary N) is 1. The van der Waals surface area contributed by atoms with Gasteiger partial charge in [-0.05, 0) is 50.5 Å². The van der Waals surface area contributed by atoms with Gasteiger partial charge in [0.1, 0.15) is 5.75 Å². The molecule has 2 amide bonds. The number of carbonyl (C=O) groups excluding carboxylic acids is 1. The lowest BCUT2D eigenvalue weighted by Gasteiger charge is -2.30. The fourth-order valence-electron chi connectivity index (χ4n) is 2.50. The molecule has 1 heterocycles. The van der Waals surface area contributed by atoms with Crippen LogP contribution in [0.4, 0.5) is 10.5 Å². The van der Waals surface area contributed by atoms with Crippen molar-refractivity contribution in [3.05, 3.63) is 24.3 Å². The summed E-state index contributed by atoms with van der Waals surface area (Å²) in [5.74, 6) is -0.545. The van der Waals surface area contributed by atoms with E-state index in [-0.39, 0.29) is 18.7 Å². The molecule has 2 rings (SSSR count). The van der Waals surface area contributed by atoms with Crippen LogP contribution in [0.1, 0.15) is 33.1 Å². The maximum absolute atomic E-state index is 12.2. The zero-order valence-electron chi connectivity index (χ0n) is 13.6. The molecule has 23 heavy (non-hydrogen) atoms. The average molecular weight is 320 g/mol. The highest BCUT2D eigenvalue weighted by Gasteiger charge is 2.28. The fraction of sp³-hybridized carbons (Fsp3) is 0.529. The second kappa shape index (κ2) is 7.85. The van der Waals surface area contributed by atoms with E-state index in [1.807, 2.05) is 19.1 Å². The van der Waals surface area contributed by atoms with Gasteiger partial charge in [0.2, 0.25) is 0 Å². The summed E-state index contributed by atoms with van der Waals surface area (Å²) in [5, 5.41) is 11.9. The van der Waals surface area contributed by atoms with Crippen LogP contribution in [0.2, 0.25) is 0 Å². The number of carboxylic acids is 1. The highest BCUT2D eigenvalue weighted by molar-refractivity contribution is 5.89. The number of anilines is 1. The van der Waals surface area contributed by atoms with E-state index >= 15 is 0 Å². The largest absolute Gasteiger partial charge is 0.491 e. The van der Waals surface area contributed by atoms with E-state index in [2.05, 4.69) is 12.2 Å². The highest BCUT2D eigenvalue weighted by atomic mass is 16.5. The first-order valence-electron chi connectivity index (χ1n) is 8.05. The van der Waals surface area contributed by atoms with Crippen LogP contribution in [0, 0.1) is 5.92 Å². The molecular weight excluding hydrogens is 296 g/mol. The Hall–Kier alpha value is -2.24. The number of hydrogen-bond acceptors (Lipinski definition) is 3. The highest BCUT2D eigenvalue weighted by Crippen LogP contribution is 2.20. The summed E-state index contributed by atoms with van der Waals surface area (Å²) in [6, 6.07) is 6.95. The van der Waals surface area contributed by atoms with E-state index in [9.17, 15) is 9.59 Å². The van der Waals surface area contributed by atoms with Crippen molar-refractivity contribution in [2.75, 3.05) is 18.4 Å². The molecule has 1 saturated heterocycles. The number of benzene rings is 1. The van der Waals surface area contributed by atoms with Crippen LogP contribution in [-0.4, -0.2) is 41.2 Å². The Balaban J connectivity index is 1.91.